The lowest BCUT2D eigenvalue weighted by atomic mass is 9.96. The van der Waals surface area contributed by atoms with E-state index in [0.717, 1.165) is 28.6 Å². The molecular weight excluding hydrogens is 466 g/mol. The number of hydrogen-bond donors (Lipinski definition) is 1. The van der Waals surface area contributed by atoms with Gasteiger partial charge in [0.25, 0.3) is 11.7 Å². The Morgan fingerprint density at radius 2 is 1.86 bits per heavy atom. The summed E-state index contributed by atoms with van der Waals surface area (Å²) in [6.45, 7) is 4.64. The predicted octanol–water partition coefficient (Wildman–Crippen LogP) is 3.69. The molecule has 0 unspecified atom stereocenters. The van der Waals surface area contributed by atoms with Gasteiger partial charge < -0.3 is 14.9 Å². The number of thiophene rings is 1. The van der Waals surface area contributed by atoms with Gasteiger partial charge in [0.2, 0.25) is 11.7 Å². The second kappa shape index (κ2) is 9.63. The molecular formula is C26H23N3O5S. The number of Topliss-reactive ketones (excluding diaryl/α,β-unsaturated/α-hetero) is 2. The van der Waals surface area contributed by atoms with Crippen LogP contribution in [0.2, 0.25) is 0 Å². The van der Waals surface area contributed by atoms with Crippen LogP contribution in [0.1, 0.15) is 46.7 Å². The Kier molecular flexibility index (Phi) is 6.61. The van der Waals surface area contributed by atoms with E-state index in [4.69, 9.17) is 10.5 Å². The number of aromatic nitrogens is 2. The van der Waals surface area contributed by atoms with E-state index in [1.807, 2.05) is 48.7 Å². The van der Waals surface area contributed by atoms with Gasteiger partial charge in [0.15, 0.2) is 0 Å². The summed E-state index contributed by atoms with van der Waals surface area (Å²) in [6.07, 6.45) is 2.54. The zero-order valence-electron chi connectivity index (χ0n) is 19.5. The number of fused-ring (bicyclic) bond motifs is 1. The second-order valence-corrected chi connectivity index (χ2v) is 8.96. The highest BCUT2D eigenvalue weighted by Crippen LogP contribution is 2.35. The molecule has 0 aliphatic rings. The Morgan fingerprint density at radius 3 is 2.49 bits per heavy atom. The minimum Gasteiger partial charge on any atom is -0.399 e. The highest BCUT2D eigenvalue weighted by atomic mass is 32.1. The largest absolute Gasteiger partial charge is 0.399 e. The number of esters is 1. The molecule has 0 saturated carbocycles. The molecule has 0 atom stereocenters. The number of hydrogen-bond acceptors (Lipinski definition) is 7. The fourth-order valence-corrected chi connectivity index (χ4v) is 4.95. The van der Waals surface area contributed by atoms with Crippen molar-refractivity contribution in [2.45, 2.75) is 33.6 Å². The third-order valence-electron chi connectivity index (χ3n) is 5.66. The minimum atomic E-state index is -1.14. The number of carbonyl (C=O) groups excluding carboxylic acids is 4. The number of benzene rings is 1. The molecule has 8 nitrogen and oxygen atoms in total. The number of nitrogens with zero attached hydrogens (tertiary/aromatic N) is 2. The molecule has 0 aliphatic carbocycles. The molecule has 0 saturated heterocycles. The van der Waals surface area contributed by atoms with Crippen LogP contribution >= 0.6 is 11.3 Å². The normalized spacial score (nSPS) is 10.9. The van der Waals surface area contributed by atoms with Crippen LogP contribution < -0.4 is 10.5 Å². The fraction of sp³-hybridized carbons (Fsp3) is 0.192. The number of ketones is 2. The maximum atomic E-state index is 13.0. The van der Waals surface area contributed by atoms with E-state index in [9.17, 15) is 19.2 Å². The summed E-state index contributed by atoms with van der Waals surface area (Å²) in [7, 11) is 0. The van der Waals surface area contributed by atoms with E-state index in [1.54, 1.807) is 28.9 Å². The highest BCUT2D eigenvalue weighted by Gasteiger charge is 2.30. The van der Waals surface area contributed by atoms with Gasteiger partial charge in [-0.2, -0.15) is 0 Å². The monoisotopic (exact) mass is 489 g/mol. The summed E-state index contributed by atoms with van der Waals surface area (Å²) < 4.78 is 6.98. The Hall–Kier alpha value is -4.11. The standard InChI is InChI=1S/C26H23N3O5S/c1-4-17-19(12-16-8-5-6-9-18(16)20-10-7-11-35-20)29-13-14(2)28-25(34-26(33)15(3)30)22(29)21(17)23(31)24(27)32/h5-11,13H,4,12H2,1-3H3,(H2,27,32). The van der Waals surface area contributed by atoms with Crippen molar-refractivity contribution in [2.24, 2.45) is 5.73 Å². The number of nitrogens with two attached hydrogens (primary N) is 1. The molecule has 35 heavy (non-hydrogen) atoms. The van der Waals surface area contributed by atoms with Gasteiger partial charge in [-0.3, -0.25) is 14.4 Å². The first-order valence-electron chi connectivity index (χ1n) is 10.9. The maximum absolute atomic E-state index is 13.0. The predicted molar refractivity (Wildman–Crippen MR) is 132 cm³/mol. The Bertz CT molecular complexity index is 1480. The van der Waals surface area contributed by atoms with Crippen LogP contribution in [0, 0.1) is 6.92 Å². The van der Waals surface area contributed by atoms with Crippen molar-refractivity contribution in [3.05, 3.63) is 76.1 Å². The topological polar surface area (TPSA) is 121 Å². The van der Waals surface area contributed by atoms with E-state index in [0.29, 0.717) is 24.1 Å². The first kappa shape index (κ1) is 24.0. The molecule has 3 aromatic heterocycles. The van der Waals surface area contributed by atoms with E-state index in [1.165, 1.54) is 0 Å². The number of amides is 1. The van der Waals surface area contributed by atoms with E-state index in [2.05, 4.69) is 4.98 Å². The molecule has 178 valence electrons. The average molecular weight is 490 g/mol. The van der Waals surface area contributed by atoms with Crippen molar-refractivity contribution in [3.63, 3.8) is 0 Å². The summed E-state index contributed by atoms with van der Waals surface area (Å²) in [5, 5.41) is 2.00. The Labute approximate surface area is 205 Å². The lowest BCUT2D eigenvalue weighted by Gasteiger charge is -2.11. The smallest absolute Gasteiger partial charge is 0.381 e. The van der Waals surface area contributed by atoms with Crippen LogP contribution in [-0.4, -0.2) is 32.8 Å². The van der Waals surface area contributed by atoms with Crippen LogP contribution in [-0.2, 0) is 27.2 Å². The molecule has 1 aromatic carbocycles. The number of ether oxygens (including phenoxy) is 1. The first-order valence-corrected chi connectivity index (χ1v) is 11.8. The van der Waals surface area contributed by atoms with E-state index >= 15 is 0 Å². The minimum absolute atomic E-state index is 0.0301. The van der Waals surface area contributed by atoms with Crippen molar-refractivity contribution < 1.29 is 23.9 Å². The molecule has 0 aliphatic heterocycles. The lowest BCUT2D eigenvalue weighted by molar-refractivity contribution is -0.146. The summed E-state index contributed by atoms with van der Waals surface area (Å²) in [5.41, 5.74) is 9.44. The molecule has 0 radical (unpaired) electrons. The van der Waals surface area contributed by atoms with Crippen LogP contribution in [0.15, 0.2) is 48.0 Å². The van der Waals surface area contributed by atoms with Gasteiger partial charge >= 0.3 is 5.97 Å². The highest BCUT2D eigenvalue weighted by molar-refractivity contribution is 7.13. The van der Waals surface area contributed by atoms with Crippen LogP contribution in [0.4, 0.5) is 0 Å². The van der Waals surface area contributed by atoms with E-state index < -0.39 is 23.4 Å². The number of carbonyl (C=O) groups is 4. The third kappa shape index (κ3) is 4.50. The van der Waals surface area contributed by atoms with Gasteiger partial charge in [-0.05, 0) is 41.5 Å². The maximum Gasteiger partial charge on any atom is 0.381 e. The molecule has 1 amide bonds. The molecule has 2 N–H and O–H groups in total. The van der Waals surface area contributed by atoms with Gasteiger partial charge in [0.05, 0.1) is 11.3 Å². The third-order valence-corrected chi connectivity index (χ3v) is 6.56. The van der Waals surface area contributed by atoms with Gasteiger partial charge in [0, 0.05) is 30.1 Å². The average Bonchev–Trinajstić information content (AvgIpc) is 3.45. The zero-order chi connectivity index (χ0) is 25.3. The quantitative estimate of drug-likeness (QED) is 0.229. The number of rotatable bonds is 8. The van der Waals surface area contributed by atoms with Crippen molar-refractivity contribution in [3.8, 4) is 16.3 Å². The summed E-state index contributed by atoms with van der Waals surface area (Å²) in [6, 6.07) is 12.0. The molecule has 9 heteroatoms. The van der Waals surface area contributed by atoms with Gasteiger partial charge in [-0.25, -0.2) is 9.78 Å². The SMILES string of the molecule is CCc1c(C(=O)C(N)=O)c2c(OC(=O)C(C)=O)nc(C)cn2c1Cc1ccccc1-c1cccs1. The second-order valence-electron chi connectivity index (χ2n) is 8.01. The molecule has 0 spiro atoms. The van der Waals surface area contributed by atoms with Gasteiger partial charge in [0.1, 0.15) is 5.52 Å². The first-order chi connectivity index (χ1) is 16.7. The Morgan fingerprint density at radius 1 is 1.11 bits per heavy atom. The molecule has 0 fully saturated rings. The summed E-state index contributed by atoms with van der Waals surface area (Å²) >= 11 is 1.62. The lowest BCUT2D eigenvalue weighted by Crippen LogP contribution is -2.24. The van der Waals surface area contributed by atoms with Crippen molar-refractivity contribution in [1.29, 1.82) is 0 Å². The molecule has 4 aromatic rings. The van der Waals surface area contributed by atoms with Crippen LogP contribution in [0.25, 0.3) is 16.0 Å². The zero-order valence-corrected chi connectivity index (χ0v) is 20.3. The fourth-order valence-electron chi connectivity index (χ4n) is 4.17. The van der Waals surface area contributed by atoms with Crippen LogP contribution in [0.3, 0.4) is 0 Å². The molecule has 4 rings (SSSR count). The van der Waals surface area contributed by atoms with Crippen LogP contribution in [0.5, 0.6) is 5.88 Å². The van der Waals surface area contributed by atoms with E-state index in [-0.39, 0.29) is 17.0 Å². The summed E-state index contributed by atoms with van der Waals surface area (Å²) in [5.74, 6) is -4.21. The van der Waals surface area contributed by atoms with Gasteiger partial charge in [-0.15, -0.1) is 11.3 Å². The van der Waals surface area contributed by atoms with Gasteiger partial charge in [-0.1, -0.05) is 37.3 Å². The Balaban J connectivity index is 2.01. The van der Waals surface area contributed by atoms with Crippen molar-refractivity contribution in [1.82, 2.24) is 9.38 Å². The van der Waals surface area contributed by atoms with Crippen molar-refractivity contribution in [2.75, 3.05) is 0 Å². The molecule has 0 bridgehead atoms. The molecule has 3 heterocycles. The number of aryl methyl sites for hydroxylation is 1. The summed E-state index contributed by atoms with van der Waals surface area (Å²) in [4.78, 5) is 54.0. The number of primary amides is 1. The van der Waals surface area contributed by atoms with Crippen molar-refractivity contribution >= 4 is 40.3 Å².